The molecule has 0 atom stereocenters. The lowest BCUT2D eigenvalue weighted by molar-refractivity contribution is 0.260. The standard InChI is InChI=1S/C11H11N3OS2/c1-8-13-10(14-17-8)16-11(15)12-7-9-5-3-2-4-6-9/h2-6H,7H2,1H3,(H,12,15). The zero-order valence-corrected chi connectivity index (χ0v) is 10.8. The van der Waals surface area contributed by atoms with Gasteiger partial charge in [-0.2, -0.15) is 4.37 Å². The molecule has 1 aromatic heterocycles. The molecule has 2 rings (SSSR count). The molecule has 0 saturated carbocycles. The number of amides is 1. The second-order valence-electron chi connectivity index (χ2n) is 3.32. The molecule has 4 nitrogen and oxygen atoms in total. The molecule has 0 aliphatic heterocycles. The first-order valence-electron chi connectivity index (χ1n) is 5.04. The Hall–Kier alpha value is -1.40. The highest BCUT2D eigenvalue weighted by Gasteiger charge is 2.08. The largest absolute Gasteiger partial charge is 0.343 e. The number of thioether (sulfide) groups is 1. The second kappa shape index (κ2) is 5.79. The highest BCUT2D eigenvalue weighted by Crippen LogP contribution is 2.16. The molecule has 0 saturated heterocycles. The van der Waals surface area contributed by atoms with Crippen LogP contribution in [-0.4, -0.2) is 14.6 Å². The van der Waals surface area contributed by atoms with E-state index in [1.54, 1.807) is 0 Å². The summed E-state index contributed by atoms with van der Waals surface area (Å²) in [5.74, 6) is 0. The fraction of sp³-hybridized carbons (Fsp3) is 0.182. The lowest BCUT2D eigenvalue weighted by Crippen LogP contribution is -2.17. The van der Waals surface area contributed by atoms with E-state index in [4.69, 9.17) is 0 Å². The van der Waals surface area contributed by atoms with Gasteiger partial charge in [0.2, 0.25) is 5.16 Å². The average molecular weight is 265 g/mol. The summed E-state index contributed by atoms with van der Waals surface area (Å²) in [4.78, 5) is 15.7. The third kappa shape index (κ3) is 3.83. The molecule has 0 bridgehead atoms. The maximum Gasteiger partial charge on any atom is 0.287 e. The molecule has 88 valence electrons. The summed E-state index contributed by atoms with van der Waals surface area (Å²) < 4.78 is 4.04. The van der Waals surface area contributed by atoms with Crippen LogP contribution in [0.3, 0.4) is 0 Å². The Morgan fingerprint density at radius 1 is 1.41 bits per heavy atom. The molecule has 1 heterocycles. The van der Waals surface area contributed by atoms with Gasteiger partial charge in [0.05, 0.1) is 0 Å². The van der Waals surface area contributed by atoms with Gasteiger partial charge in [-0.05, 0) is 24.0 Å². The Morgan fingerprint density at radius 2 is 2.18 bits per heavy atom. The minimum Gasteiger partial charge on any atom is -0.343 e. The van der Waals surface area contributed by atoms with Crippen molar-refractivity contribution in [2.75, 3.05) is 0 Å². The Balaban J connectivity index is 1.82. The van der Waals surface area contributed by atoms with Crippen LogP contribution in [0.4, 0.5) is 4.79 Å². The van der Waals surface area contributed by atoms with Crippen molar-refractivity contribution in [3.8, 4) is 0 Å². The number of nitrogens with zero attached hydrogens (tertiary/aromatic N) is 2. The number of benzene rings is 1. The van der Waals surface area contributed by atoms with Crippen LogP contribution in [0.25, 0.3) is 0 Å². The molecule has 2 aromatic rings. The molecular weight excluding hydrogens is 254 g/mol. The fourth-order valence-electron chi connectivity index (χ4n) is 1.21. The number of carbonyl (C=O) groups excluding carboxylic acids is 1. The van der Waals surface area contributed by atoms with Crippen molar-refractivity contribution in [3.63, 3.8) is 0 Å². The van der Waals surface area contributed by atoms with Crippen LogP contribution in [-0.2, 0) is 6.54 Å². The van der Waals surface area contributed by atoms with Gasteiger partial charge in [-0.3, -0.25) is 4.79 Å². The van der Waals surface area contributed by atoms with Gasteiger partial charge in [0.15, 0.2) is 0 Å². The first-order chi connectivity index (χ1) is 8.24. The van der Waals surface area contributed by atoms with E-state index in [-0.39, 0.29) is 5.24 Å². The summed E-state index contributed by atoms with van der Waals surface area (Å²) >= 11 is 2.32. The van der Waals surface area contributed by atoms with Gasteiger partial charge in [-0.25, -0.2) is 4.98 Å². The van der Waals surface area contributed by atoms with Crippen molar-refractivity contribution in [2.45, 2.75) is 18.6 Å². The molecule has 0 unspecified atom stereocenters. The van der Waals surface area contributed by atoms with Gasteiger partial charge in [-0.1, -0.05) is 30.3 Å². The van der Waals surface area contributed by atoms with Crippen LogP contribution >= 0.6 is 23.3 Å². The fourth-order valence-corrected chi connectivity index (χ4v) is 2.40. The van der Waals surface area contributed by atoms with E-state index in [9.17, 15) is 4.79 Å². The van der Waals surface area contributed by atoms with Gasteiger partial charge in [0.25, 0.3) is 5.24 Å². The van der Waals surface area contributed by atoms with Gasteiger partial charge in [0.1, 0.15) is 5.01 Å². The van der Waals surface area contributed by atoms with E-state index >= 15 is 0 Å². The Kier molecular flexibility index (Phi) is 4.11. The number of nitrogens with one attached hydrogen (secondary N) is 1. The Labute approximate surface area is 108 Å². The van der Waals surface area contributed by atoms with E-state index < -0.39 is 0 Å². The molecule has 1 amide bonds. The Morgan fingerprint density at radius 3 is 2.82 bits per heavy atom. The Bertz CT molecular complexity index is 498. The summed E-state index contributed by atoms with van der Waals surface area (Å²) in [7, 11) is 0. The smallest absolute Gasteiger partial charge is 0.287 e. The molecule has 1 aromatic carbocycles. The van der Waals surface area contributed by atoms with Gasteiger partial charge in [0, 0.05) is 18.3 Å². The van der Waals surface area contributed by atoms with E-state index in [0.717, 1.165) is 22.3 Å². The van der Waals surface area contributed by atoms with Crippen LogP contribution in [0, 0.1) is 6.92 Å². The normalized spacial score (nSPS) is 10.2. The first kappa shape index (κ1) is 12.1. The molecule has 0 aliphatic carbocycles. The molecule has 0 spiro atoms. The van der Waals surface area contributed by atoms with Crippen molar-refractivity contribution >= 4 is 28.5 Å². The van der Waals surface area contributed by atoms with Crippen molar-refractivity contribution < 1.29 is 4.79 Å². The zero-order valence-electron chi connectivity index (χ0n) is 9.21. The number of aromatic nitrogens is 2. The molecule has 6 heteroatoms. The van der Waals surface area contributed by atoms with E-state index in [1.165, 1.54) is 11.5 Å². The van der Waals surface area contributed by atoms with Gasteiger partial charge >= 0.3 is 0 Å². The number of hydrogen-bond acceptors (Lipinski definition) is 5. The van der Waals surface area contributed by atoms with Crippen molar-refractivity contribution in [1.29, 1.82) is 0 Å². The molecular formula is C11H11N3OS2. The summed E-state index contributed by atoms with van der Waals surface area (Å²) in [5, 5.41) is 4.05. The van der Waals surface area contributed by atoms with Crippen LogP contribution in [0.5, 0.6) is 0 Å². The minimum atomic E-state index is -0.133. The number of hydrogen-bond donors (Lipinski definition) is 1. The highest BCUT2D eigenvalue weighted by molar-refractivity contribution is 8.13. The van der Waals surface area contributed by atoms with Crippen molar-refractivity contribution in [1.82, 2.24) is 14.7 Å². The molecule has 0 aliphatic rings. The predicted molar refractivity (Wildman–Crippen MR) is 69.2 cm³/mol. The average Bonchev–Trinajstić information content (AvgIpc) is 2.73. The maximum atomic E-state index is 11.6. The third-order valence-electron chi connectivity index (χ3n) is 1.97. The minimum absolute atomic E-state index is 0.133. The summed E-state index contributed by atoms with van der Waals surface area (Å²) in [5.41, 5.74) is 1.07. The van der Waals surface area contributed by atoms with Crippen LogP contribution in [0.15, 0.2) is 35.5 Å². The van der Waals surface area contributed by atoms with Crippen molar-refractivity contribution in [2.24, 2.45) is 0 Å². The lowest BCUT2D eigenvalue weighted by Gasteiger charge is -2.02. The predicted octanol–water partition coefficient (Wildman–Crippen LogP) is 2.85. The van der Waals surface area contributed by atoms with Crippen LogP contribution in [0.1, 0.15) is 10.6 Å². The maximum absolute atomic E-state index is 11.6. The van der Waals surface area contributed by atoms with Gasteiger partial charge in [-0.15, -0.1) is 0 Å². The lowest BCUT2D eigenvalue weighted by atomic mass is 10.2. The number of carbonyl (C=O) groups is 1. The van der Waals surface area contributed by atoms with Crippen molar-refractivity contribution in [3.05, 3.63) is 40.9 Å². The molecule has 1 N–H and O–H groups in total. The second-order valence-corrected chi connectivity index (χ2v) is 5.22. The monoisotopic (exact) mass is 265 g/mol. The van der Waals surface area contributed by atoms with Gasteiger partial charge < -0.3 is 5.32 Å². The molecule has 17 heavy (non-hydrogen) atoms. The summed E-state index contributed by atoms with van der Waals surface area (Å²) in [6.07, 6.45) is 0. The molecule has 0 fully saturated rings. The van der Waals surface area contributed by atoms with E-state index in [1.807, 2.05) is 37.3 Å². The van der Waals surface area contributed by atoms with E-state index in [2.05, 4.69) is 14.7 Å². The van der Waals surface area contributed by atoms with Crippen LogP contribution in [0.2, 0.25) is 0 Å². The quantitative estimate of drug-likeness (QED) is 0.867. The SMILES string of the molecule is Cc1nc(SC(=O)NCc2ccccc2)ns1. The number of rotatable bonds is 3. The van der Waals surface area contributed by atoms with Crippen LogP contribution < -0.4 is 5.32 Å². The summed E-state index contributed by atoms with van der Waals surface area (Å²) in [6.45, 7) is 2.39. The topological polar surface area (TPSA) is 54.9 Å². The first-order valence-corrected chi connectivity index (χ1v) is 6.63. The summed E-state index contributed by atoms with van der Waals surface area (Å²) in [6, 6.07) is 9.77. The highest BCUT2D eigenvalue weighted by atomic mass is 32.2. The van der Waals surface area contributed by atoms with E-state index in [0.29, 0.717) is 11.7 Å². The zero-order chi connectivity index (χ0) is 12.1. The third-order valence-corrected chi connectivity index (χ3v) is 3.40. The number of aryl methyl sites for hydroxylation is 1. The molecule has 0 radical (unpaired) electrons.